The van der Waals surface area contributed by atoms with Gasteiger partial charge in [-0.05, 0) is 54.0 Å². The Morgan fingerprint density at radius 1 is 1.12 bits per heavy atom. The normalized spacial score (nSPS) is 20.1. The van der Waals surface area contributed by atoms with Crippen LogP contribution in [-0.2, 0) is 21.5 Å². The molecule has 34 heavy (non-hydrogen) atoms. The molecule has 0 bridgehead atoms. The first-order valence-corrected chi connectivity index (χ1v) is 12.1. The van der Waals surface area contributed by atoms with Gasteiger partial charge in [0, 0.05) is 10.4 Å². The van der Waals surface area contributed by atoms with Crippen LogP contribution in [0.4, 0.5) is 4.79 Å². The Labute approximate surface area is 201 Å². The third kappa shape index (κ3) is 3.84. The monoisotopic (exact) mass is 475 g/mol. The van der Waals surface area contributed by atoms with E-state index in [0.717, 1.165) is 39.3 Å². The second-order valence-electron chi connectivity index (χ2n) is 8.52. The number of amides is 4. The lowest BCUT2D eigenvalue weighted by atomic mass is 9.80. The topological polar surface area (TPSA) is 87.7 Å². The largest absolute Gasteiger partial charge is 0.497 e. The highest BCUT2D eigenvalue weighted by Gasteiger charge is 2.54. The minimum Gasteiger partial charge on any atom is -0.497 e. The van der Waals surface area contributed by atoms with Gasteiger partial charge in [0.2, 0.25) is 5.91 Å². The zero-order chi connectivity index (χ0) is 23.7. The van der Waals surface area contributed by atoms with Crippen LogP contribution < -0.4 is 15.4 Å². The predicted molar refractivity (Wildman–Crippen MR) is 129 cm³/mol. The van der Waals surface area contributed by atoms with E-state index in [4.69, 9.17) is 4.74 Å². The number of ether oxygens (including phenoxy) is 1. The molecule has 1 aliphatic carbocycles. The lowest BCUT2D eigenvalue weighted by Gasteiger charge is -2.31. The number of nitrogens with zero attached hydrogens (tertiary/aromatic N) is 1. The lowest BCUT2D eigenvalue weighted by Crippen LogP contribution is -2.47. The van der Waals surface area contributed by atoms with Gasteiger partial charge in [-0.1, -0.05) is 42.5 Å². The fraction of sp³-hybridized carbons (Fsp3) is 0.269. The molecule has 1 spiro atoms. The molecule has 0 unspecified atom stereocenters. The Morgan fingerprint density at radius 3 is 2.59 bits per heavy atom. The van der Waals surface area contributed by atoms with Crippen LogP contribution in [0.3, 0.4) is 0 Å². The number of aryl methyl sites for hydroxylation is 1. The van der Waals surface area contributed by atoms with E-state index in [9.17, 15) is 14.4 Å². The first-order chi connectivity index (χ1) is 16.5. The van der Waals surface area contributed by atoms with E-state index in [0.29, 0.717) is 12.2 Å². The van der Waals surface area contributed by atoms with Crippen molar-refractivity contribution in [2.75, 3.05) is 13.7 Å². The molecule has 174 valence electrons. The van der Waals surface area contributed by atoms with Crippen molar-refractivity contribution < 1.29 is 19.1 Å². The first kappa shape index (κ1) is 22.2. The average Bonchev–Trinajstić information content (AvgIpc) is 3.44. The van der Waals surface area contributed by atoms with Crippen molar-refractivity contribution in [1.29, 1.82) is 0 Å². The van der Waals surface area contributed by atoms with Crippen LogP contribution in [0.5, 0.6) is 5.75 Å². The van der Waals surface area contributed by atoms with Crippen molar-refractivity contribution in [2.45, 2.75) is 30.8 Å². The number of hydrogen-bond acceptors (Lipinski definition) is 5. The molecule has 8 heteroatoms. The number of carbonyl (C=O) groups excluding carboxylic acids is 3. The summed E-state index contributed by atoms with van der Waals surface area (Å²) in [6, 6.07) is 18.0. The summed E-state index contributed by atoms with van der Waals surface area (Å²) >= 11 is 1.60. The smallest absolute Gasteiger partial charge is 0.325 e. The lowest BCUT2D eigenvalue weighted by molar-refractivity contribution is -0.135. The number of imide groups is 1. The van der Waals surface area contributed by atoms with Crippen molar-refractivity contribution in [1.82, 2.24) is 15.5 Å². The number of thiophene rings is 1. The molecule has 2 aliphatic rings. The second kappa shape index (κ2) is 8.95. The maximum atomic E-state index is 13.4. The van der Waals surface area contributed by atoms with Crippen LogP contribution in [0.25, 0.3) is 0 Å². The van der Waals surface area contributed by atoms with Gasteiger partial charge < -0.3 is 15.4 Å². The molecule has 0 saturated carbocycles. The Hall–Kier alpha value is -3.65. The molecule has 0 radical (unpaired) electrons. The summed E-state index contributed by atoms with van der Waals surface area (Å²) in [7, 11) is 1.60. The predicted octanol–water partition coefficient (Wildman–Crippen LogP) is 3.75. The van der Waals surface area contributed by atoms with E-state index in [1.54, 1.807) is 18.4 Å². The zero-order valence-electron chi connectivity index (χ0n) is 18.7. The number of fused-ring (bicyclic) bond motifs is 2. The molecule has 2 aromatic carbocycles. The van der Waals surface area contributed by atoms with Crippen LogP contribution >= 0.6 is 11.3 Å². The number of nitrogens with one attached hydrogen (secondary N) is 2. The number of hydrogen-bond donors (Lipinski definition) is 2. The van der Waals surface area contributed by atoms with E-state index in [1.807, 2.05) is 66.0 Å². The van der Waals surface area contributed by atoms with Gasteiger partial charge in [-0.2, -0.15) is 0 Å². The highest BCUT2D eigenvalue weighted by atomic mass is 32.1. The molecule has 7 nitrogen and oxygen atoms in total. The maximum absolute atomic E-state index is 13.4. The van der Waals surface area contributed by atoms with Crippen molar-refractivity contribution in [2.24, 2.45) is 0 Å². The first-order valence-electron chi connectivity index (χ1n) is 11.2. The van der Waals surface area contributed by atoms with E-state index in [1.165, 1.54) is 0 Å². The van der Waals surface area contributed by atoms with Gasteiger partial charge in [0.25, 0.3) is 5.91 Å². The number of methoxy groups -OCH3 is 1. The fourth-order valence-corrected chi connectivity index (χ4v) is 5.84. The quantitative estimate of drug-likeness (QED) is 0.532. The Morgan fingerprint density at radius 2 is 1.85 bits per heavy atom. The van der Waals surface area contributed by atoms with Crippen LogP contribution in [0.1, 0.15) is 40.5 Å². The number of benzene rings is 2. The zero-order valence-corrected chi connectivity index (χ0v) is 19.6. The molecule has 3 aromatic rings. The van der Waals surface area contributed by atoms with Gasteiger partial charge in [-0.3, -0.25) is 14.5 Å². The minimum absolute atomic E-state index is 0.342. The summed E-state index contributed by atoms with van der Waals surface area (Å²) in [5.74, 6) is -0.0499. The van der Waals surface area contributed by atoms with Gasteiger partial charge >= 0.3 is 6.03 Å². The average molecular weight is 476 g/mol. The molecule has 1 saturated heterocycles. The van der Waals surface area contributed by atoms with Crippen molar-refractivity contribution >= 4 is 29.2 Å². The Balaban J connectivity index is 1.37. The molecular formula is C26H25N3O4S. The van der Waals surface area contributed by atoms with Crippen molar-refractivity contribution in [3.05, 3.63) is 87.6 Å². The van der Waals surface area contributed by atoms with Gasteiger partial charge in [0.05, 0.1) is 13.2 Å². The van der Waals surface area contributed by atoms with Crippen LogP contribution in [0.2, 0.25) is 0 Å². The van der Waals surface area contributed by atoms with E-state index in [-0.39, 0.29) is 12.5 Å². The Kier molecular flexibility index (Phi) is 5.83. The van der Waals surface area contributed by atoms with Gasteiger partial charge in [-0.25, -0.2) is 4.79 Å². The molecule has 2 N–H and O–H groups in total. The summed E-state index contributed by atoms with van der Waals surface area (Å²) in [5.41, 5.74) is 1.57. The number of carbonyl (C=O) groups is 3. The number of urea groups is 1. The van der Waals surface area contributed by atoms with Gasteiger partial charge in [0.1, 0.15) is 17.8 Å². The second-order valence-corrected chi connectivity index (χ2v) is 9.52. The summed E-state index contributed by atoms with van der Waals surface area (Å²) in [6.45, 7) is -0.342. The summed E-state index contributed by atoms with van der Waals surface area (Å²) < 4.78 is 5.25. The Bertz CT molecular complexity index is 1220. The maximum Gasteiger partial charge on any atom is 0.325 e. The summed E-state index contributed by atoms with van der Waals surface area (Å²) in [5, 5.41) is 7.86. The summed E-state index contributed by atoms with van der Waals surface area (Å²) in [4.78, 5) is 41.6. The molecule has 2 heterocycles. The molecular weight excluding hydrogens is 450 g/mol. The highest BCUT2D eigenvalue weighted by Crippen LogP contribution is 2.42. The van der Waals surface area contributed by atoms with Crippen molar-refractivity contribution in [3.63, 3.8) is 0 Å². The summed E-state index contributed by atoms with van der Waals surface area (Å²) in [6.07, 6.45) is 2.25. The third-order valence-electron chi connectivity index (χ3n) is 6.53. The van der Waals surface area contributed by atoms with E-state index >= 15 is 0 Å². The molecule has 4 amide bonds. The standard InChI is InChI=1S/C26H25N3O4S/c1-33-19-11-9-18(10-12-19)23(17-6-3-2-4-7-17)27-22(30)16-29-24(31)26(28-25(29)32)14-5-8-21-20(26)13-15-34-21/h2-4,6-7,9-13,15,23H,5,8,14,16H2,1H3,(H,27,30)(H,28,32)/t23-,26-/m1/s1. The molecule has 5 rings (SSSR count). The van der Waals surface area contributed by atoms with Crippen LogP contribution in [0, 0.1) is 0 Å². The van der Waals surface area contributed by atoms with Crippen LogP contribution in [0.15, 0.2) is 66.0 Å². The highest BCUT2D eigenvalue weighted by molar-refractivity contribution is 7.10. The fourth-order valence-electron chi connectivity index (χ4n) is 4.84. The van der Waals surface area contributed by atoms with Crippen LogP contribution in [-0.4, -0.2) is 36.4 Å². The van der Waals surface area contributed by atoms with Crippen molar-refractivity contribution in [3.8, 4) is 5.75 Å². The SMILES string of the molecule is COc1ccc([C@H](NC(=O)CN2C(=O)N[C@@]3(CCCc4sccc43)C2=O)c2ccccc2)cc1. The third-order valence-corrected chi connectivity index (χ3v) is 7.51. The van der Waals surface area contributed by atoms with E-state index in [2.05, 4.69) is 10.6 Å². The molecule has 1 aliphatic heterocycles. The van der Waals surface area contributed by atoms with E-state index < -0.39 is 23.5 Å². The molecule has 1 aromatic heterocycles. The molecule has 2 atom stereocenters. The molecule has 1 fully saturated rings. The van der Waals surface area contributed by atoms with Gasteiger partial charge in [-0.15, -0.1) is 11.3 Å². The van der Waals surface area contributed by atoms with Gasteiger partial charge in [0.15, 0.2) is 0 Å². The minimum atomic E-state index is -1.06. The number of rotatable bonds is 6.